The number of aryl methyl sites for hydroxylation is 1. The Hall–Kier alpha value is -3.49. The smallest absolute Gasteiger partial charge is 0.269 e. The molecule has 1 aliphatic heterocycles. The molecule has 1 aliphatic rings. The molecule has 178 valence electrons. The molecule has 0 atom stereocenters. The molecule has 1 amide bonds. The molecule has 0 unspecified atom stereocenters. The van der Waals surface area contributed by atoms with E-state index in [1.54, 1.807) is 35.6 Å². The van der Waals surface area contributed by atoms with E-state index in [0.29, 0.717) is 36.8 Å². The van der Waals surface area contributed by atoms with Crippen LogP contribution in [0.4, 0.5) is 11.4 Å². The first-order valence-corrected chi connectivity index (χ1v) is 12.6. The van der Waals surface area contributed by atoms with E-state index in [4.69, 9.17) is 16.6 Å². The fourth-order valence-corrected chi connectivity index (χ4v) is 5.41. The summed E-state index contributed by atoms with van der Waals surface area (Å²) in [6.45, 7) is 4.51. The molecule has 0 aliphatic carbocycles. The van der Waals surface area contributed by atoms with Gasteiger partial charge in [0.15, 0.2) is 0 Å². The standard InChI is InChI=1S/C26H23ClN4O3S/c1-2-20-8-10-25(35-20)24-16-22(21-15-17(27)3-9-23(21)28-24)26(32)30-13-11-29(12-14-30)18-4-6-19(7-5-18)31(33)34/h3-10,15-16H,2,11-14H2,1H3. The molecule has 0 N–H and O–H groups in total. The summed E-state index contributed by atoms with van der Waals surface area (Å²) in [5, 5.41) is 12.2. The molecule has 0 radical (unpaired) electrons. The number of fused-ring (bicyclic) bond motifs is 1. The number of anilines is 1. The Labute approximate surface area is 211 Å². The van der Waals surface area contributed by atoms with Gasteiger partial charge in [-0.1, -0.05) is 18.5 Å². The first kappa shape index (κ1) is 23.3. The lowest BCUT2D eigenvalue weighted by Crippen LogP contribution is -2.48. The number of hydrogen-bond acceptors (Lipinski definition) is 6. The summed E-state index contributed by atoms with van der Waals surface area (Å²) in [5.41, 5.74) is 3.11. The minimum absolute atomic E-state index is 0.0449. The van der Waals surface area contributed by atoms with Gasteiger partial charge in [0.25, 0.3) is 11.6 Å². The maximum atomic E-state index is 13.7. The van der Waals surface area contributed by atoms with Crippen molar-refractivity contribution in [1.82, 2.24) is 9.88 Å². The van der Waals surface area contributed by atoms with Crippen LogP contribution in [-0.2, 0) is 6.42 Å². The van der Waals surface area contributed by atoms with Gasteiger partial charge in [-0.05, 0) is 55.0 Å². The number of carbonyl (C=O) groups excluding carboxylic acids is 1. The van der Waals surface area contributed by atoms with Crippen LogP contribution in [0.25, 0.3) is 21.5 Å². The summed E-state index contributed by atoms with van der Waals surface area (Å²) in [4.78, 5) is 35.3. The molecule has 2 aromatic carbocycles. The lowest BCUT2D eigenvalue weighted by atomic mass is 10.0. The van der Waals surface area contributed by atoms with Crippen LogP contribution in [0.5, 0.6) is 0 Å². The number of carbonyl (C=O) groups is 1. The Morgan fingerprint density at radius 2 is 1.80 bits per heavy atom. The topological polar surface area (TPSA) is 79.6 Å². The van der Waals surface area contributed by atoms with Gasteiger partial charge < -0.3 is 9.80 Å². The molecule has 5 rings (SSSR count). The van der Waals surface area contributed by atoms with Crippen LogP contribution in [0, 0.1) is 10.1 Å². The van der Waals surface area contributed by atoms with E-state index in [1.807, 2.05) is 17.0 Å². The van der Waals surface area contributed by atoms with E-state index in [1.165, 1.54) is 17.0 Å². The van der Waals surface area contributed by atoms with Crippen LogP contribution in [0.2, 0.25) is 5.02 Å². The van der Waals surface area contributed by atoms with Crippen LogP contribution in [0.1, 0.15) is 22.2 Å². The highest BCUT2D eigenvalue weighted by atomic mass is 35.5. The predicted molar refractivity (Wildman–Crippen MR) is 141 cm³/mol. The SMILES string of the molecule is CCc1ccc(-c2cc(C(=O)N3CCN(c4ccc([N+](=O)[O-])cc4)CC3)c3cc(Cl)ccc3n2)s1. The number of thiophene rings is 1. The molecule has 1 saturated heterocycles. The summed E-state index contributed by atoms with van der Waals surface area (Å²) in [6.07, 6.45) is 0.957. The largest absolute Gasteiger partial charge is 0.368 e. The van der Waals surface area contributed by atoms with Gasteiger partial charge in [0.1, 0.15) is 0 Å². The van der Waals surface area contributed by atoms with Gasteiger partial charge in [-0.2, -0.15) is 0 Å². The number of halogens is 1. The number of rotatable bonds is 5. The molecular formula is C26H23ClN4O3S. The number of nitro groups is 1. The Morgan fingerprint density at radius 3 is 2.46 bits per heavy atom. The highest BCUT2D eigenvalue weighted by Gasteiger charge is 2.25. The summed E-state index contributed by atoms with van der Waals surface area (Å²) in [7, 11) is 0. The van der Waals surface area contributed by atoms with E-state index in [-0.39, 0.29) is 11.6 Å². The maximum Gasteiger partial charge on any atom is 0.269 e. The Bertz CT molecular complexity index is 1410. The van der Waals surface area contributed by atoms with Gasteiger partial charge in [0.05, 0.1) is 26.6 Å². The number of piperazine rings is 1. The third kappa shape index (κ3) is 4.72. The molecule has 1 fully saturated rings. The van der Waals surface area contributed by atoms with E-state index < -0.39 is 4.92 Å². The number of benzene rings is 2. The number of hydrogen-bond donors (Lipinski definition) is 0. The van der Waals surface area contributed by atoms with Gasteiger partial charge in [-0.25, -0.2) is 4.98 Å². The van der Waals surface area contributed by atoms with Gasteiger partial charge in [-0.3, -0.25) is 14.9 Å². The van der Waals surface area contributed by atoms with Crippen LogP contribution in [0.3, 0.4) is 0 Å². The van der Waals surface area contributed by atoms with E-state index in [0.717, 1.165) is 33.6 Å². The van der Waals surface area contributed by atoms with Crippen molar-refractivity contribution in [3.05, 3.63) is 86.2 Å². The second-order valence-electron chi connectivity index (χ2n) is 8.39. The van der Waals surface area contributed by atoms with Crippen LogP contribution < -0.4 is 4.90 Å². The summed E-state index contributed by atoms with van der Waals surface area (Å²) >= 11 is 7.97. The first-order valence-electron chi connectivity index (χ1n) is 11.4. The molecule has 3 heterocycles. The number of non-ortho nitro benzene ring substituents is 1. The maximum absolute atomic E-state index is 13.7. The highest BCUT2D eigenvalue weighted by molar-refractivity contribution is 7.15. The predicted octanol–water partition coefficient (Wildman–Crippen LogP) is 6.05. The van der Waals surface area contributed by atoms with Crippen molar-refractivity contribution in [2.45, 2.75) is 13.3 Å². The first-order chi connectivity index (χ1) is 16.9. The summed E-state index contributed by atoms with van der Waals surface area (Å²) < 4.78 is 0. The monoisotopic (exact) mass is 506 g/mol. The van der Waals surface area contributed by atoms with E-state index in [2.05, 4.69) is 24.0 Å². The molecule has 4 aromatic rings. The zero-order chi connectivity index (χ0) is 24.5. The third-order valence-corrected chi connectivity index (χ3v) is 7.74. The van der Waals surface area contributed by atoms with Crippen molar-refractivity contribution in [2.75, 3.05) is 31.1 Å². The van der Waals surface area contributed by atoms with Gasteiger partial charge in [0.2, 0.25) is 0 Å². The lowest BCUT2D eigenvalue weighted by Gasteiger charge is -2.36. The van der Waals surface area contributed by atoms with Crippen LogP contribution >= 0.6 is 22.9 Å². The number of amides is 1. The van der Waals surface area contributed by atoms with Crippen LogP contribution in [0.15, 0.2) is 60.7 Å². The number of aromatic nitrogens is 1. The normalized spacial score (nSPS) is 13.9. The molecule has 0 saturated carbocycles. The fraction of sp³-hybridized carbons (Fsp3) is 0.231. The molecule has 7 nitrogen and oxygen atoms in total. The quantitative estimate of drug-likeness (QED) is 0.243. The van der Waals surface area contributed by atoms with Crippen molar-refractivity contribution in [2.24, 2.45) is 0 Å². The minimum atomic E-state index is -0.404. The van der Waals surface area contributed by atoms with Crippen molar-refractivity contribution in [3.63, 3.8) is 0 Å². The molecule has 2 aromatic heterocycles. The van der Waals surface area contributed by atoms with Gasteiger partial charge >= 0.3 is 0 Å². The lowest BCUT2D eigenvalue weighted by molar-refractivity contribution is -0.384. The Balaban J connectivity index is 1.41. The number of pyridine rings is 1. The molecule has 0 spiro atoms. The van der Waals surface area contributed by atoms with Crippen LogP contribution in [-0.4, -0.2) is 46.9 Å². The zero-order valence-corrected chi connectivity index (χ0v) is 20.7. The van der Waals surface area contributed by atoms with E-state index in [9.17, 15) is 14.9 Å². The molecular weight excluding hydrogens is 484 g/mol. The average Bonchev–Trinajstić information content (AvgIpc) is 3.37. The fourth-order valence-electron chi connectivity index (χ4n) is 4.33. The number of nitrogens with zero attached hydrogens (tertiary/aromatic N) is 4. The Morgan fingerprint density at radius 1 is 1.06 bits per heavy atom. The second kappa shape index (κ2) is 9.64. The summed E-state index contributed by atoms with van der Waals surface area (Å²) in [5.74, 6) is -0.0449. The molecule has 35 heavy (non-hydrogen) atoms. The minimum Gasteiger partial charge on any atom is -0.368 e. The van der Waals surface area contributed by atoms with Crippen molar-refractivity contribution < 1.29 is 9.72 Å². The third-order valence-electron chi connectivity index (χ3n) is 6.26. The average molecular weight is 507 g/mol. The van der Waals surface area contributed by atoms with Crippen molar-refractivity contribution >= 4 is 51.1 Å². The zero-order valence-electron chi connectivity index (χ0n) is 19.1. The highest BCUT2D eigenvalue weighted by Crippen LogP contribution is 2.32. The van der Waals surface area contributed by atoms with E-state index >= 15 is 0 Å². The Kier molecular flexibility index (Phi) is 6.40. The van der Waals surface area contributed by atoms with Gasteiger partial charge in [0, 0.05) is 59.3 Å². The number of nitro benzene ring substituents is 1. The van der Waals surface area contributed by atoms with Crippen molar-refractivity contribution in [1.29, 1.82) is 0 Å². The molecule has 0 bridgehead atoms. The summed E-state index contributed by atoms with van der Waals surface area (Å²) in [6, 6.07) is 18.0. The second-order valence-corrected chi connectivity index (χ2v) is 9.99. The van der Waals surface area contributed by atoms with Gasteiger partial charge in [-0.15, -0.1) is 11.3 Å². The molecule has 9 heteroatoms. The van der Waals surface area contributed by atoms with Crippen molar-refractivity contribution in [3.8, 4) is 10.6 Å².